The minimum atomic E-state index is -3.62. The highest BCUT2D eigenvalue weighted by molar-refractivity contribution is 7.89. The lowest BCUT2D eigenvalue weighted by molar-refractivity contribution is 0.581. The third-order valence-electron chi connectivity index (χ3n) is 3.21. The standard InChI is InChI=1S/C15H13ClN2O2S/c16-13-3-1-2-4-15(13)21(19,20)18-10-11-5-6-14-12(9-11)7-8-17-14/h1-9,17-18H,10H2. The van der Waals surface area contributed by atoms with Gasteiger partial charge in [-0.1, -0.05) is 29.8 Å². The minimum absolute atomic E-state index is 0.0920. The van der Waals surface area contributed by atoms with Crippen molar-refractivity contribution in [1.29, 1.82) is 0 Å². The summed E-state index contributed by atoms with van der Waals surface area (Å²) in [5.74, 6) is 0. The third kappa shape index (κ3) is 2.95. The van der Waals surface area contributed by atoms with Gasteiger partial charge in [0, 0.05) is 18.3 Å². The van der Waals surface area contributed by atoms with E-state index in [-0.39, 0.29) is 16.5 Å². The molecule has 6 heteroatoms. The van der Waals surface area contributed by atoms with Crippen molar-refractivity contribution in [2.75, 3.05) is 0 Å². The number of hydrogen-bond donors (Lipinski definition) is 2. The van der Waals surface area contributed by atoms with Crippen LogP contribution in [0, 0.1) is 0 Å². The van der Waals surface area contributed by atoms with Gasteiger partial charge in [0.25, 0.3) is 0 Å². The van der Waals surface area contributed by atoms with Crippen LogP contribution in [0.2, 0.25) is 5.02 Å². The van der Waals surface area contributed by atoms with Gasteiger partial charge in [-0.2, -0.15) is 0 Å². The van der Waals surface area contributed by atoms with Gasteiger partial charge in [0.2, 0.25) is 10.0 Å². The van der Waals surface area contributed by atoms with Gasteiger partial charge in [0.15, 0.2) is 0 Å². The summed E-state index contributed by atoms with van der Waals surface area (Å²) in [6.45, 7) is 0.217. The Labute approximate surface area is 127 Å². The van der Waals surface area contributed by atoms with Crippen molar-refractivity contribution in [3.8, 4) is 0 Å². The van der Waals surface area contributed by atoms with Crippen LogP contribution in [0.25, 0.3) is 10.9 Å². The number of fused-ring (bicyclic) bond motifs is 1. The molecule has 4 nitrogen and oxygen atoms in total. The SMILES string of the molecule is O=S(=O)(NCc1ccc2[nH]ccc2c1)c1ccccc1Cl. The van der Waals surface area contributed by atoms with E-state index in [0.717, 1.165) is 16.5 Å². The number of aromatic amines is 1. The van der Waals surface area contributed by atoms with E-state index in [2.05, 4.69) is 9.71 Å². The average Bonchev–Trinajstić information content (AvgIpc) is 2.93. The lowest BCUT2D eigenvalue weighted by Gasteiger charge is -2.08. The van der Waals surface area contributed by atoms with Crippen LogP contribution in [0.1, 0.15) is 5.56 Å². The fourth-order valence-electron chi connectivity index (χ4n) is 2.13. The molecule has 0 aliphatic carbocycles. The van der Waals surface area contributed by atoms with Crippen LogP contribution in [0.15, 0.2) is 59.6 Å². The first kappa shape index (κ1) is 14.1. The fraction of sp³-hybridized carbons (Fsp3) is 0.0667. The molecule has 2 N–H and O–H groups in total. The molecule has 0 bridgehead atoms. The van der Waals surface area contributed by atoms with Crippen molar-refractivity contribution in [2.45, 2.75) is 11.4 Å². The number of H-pyrrole nitrogens is 1. The van der Waals surface area contributed by atoms with Gasteiger partial charge in [0.05, 0.1) is 5.02 Å². The molecular weight excluding hydrogens is 308 g/mol. The maximum absolute atomic E-state index is 12.2. The minimum Gasteiger partial charge on any atom is -0.361 e. The van der Waals surface area contributed by atoms with Crippen LogP contribution in [0.4, 0.5) is 0 Å². The summed E-state index contributed by atoms with van der Waals surface area (Å²) in [5, 5.41) is 1.26. The molecule has 0 aliphatic rings. The van der Waals surface area contributed by atoms with Crippen molar-refractivity contribution in [3.63, 3.8) is 0 Å². The maximum atomic E-state index is 12.2. The predicted octanol–water partition coefficient (Wildman–Crippen LogP) is 3.30. The number of rotatable bonds is 4. The van der Waals surface area contributed by atoms with Gasteiger partial charge in [-0.15, -0.1) is 0 Å². The normalized spacial score (nSPS) is 11.9. The summed E-state index contributed by atoms with van der Waals surface area (Å²) >= 11 is 5.93. The molecule has 1 heterocycles. The molecule has 3 rings (SSSR count). The van der Waals surface area contributed by atoms with Crippen LogP contribution in [0.5, 0.6) is 0 Å². The summed E-state index contributed by atoms with van der Waals surface area (Å²) < 4.78 is 27.0. The number of hydrogen-bond acceptors (Lipinski definition) is 2. The first-order valence-electron chi connectivity index (χ1n) is 6.36. The first-order valence-corrected chi connectivity index (χ1v) is 8.22. The van der Waals surface area contributed by atoms with Crippen molar-refractivity contribution in [2.24, 2.45) is 0 Å². The highest BCUT2D eigenvalue weighted by atomic mass is 35.5. The summed E-state index contributed by atoms with van der Waals surface area (Å²) in [7, 11) is -3.62. The highest BCUT2D eigenvalue weighted by Gasteiger charge is 2.16. The van der Waals surface area contributed by atoms with E-state index in [1.165, 1.54) is 6.07 Å². The predicted molar refractivity (Wildman–Crippen MR) is 83.8 cm³/mol. The van der Waals surface area contributed by atoms with E-state index in [0.29, 0.717) is 0 Å². The molecule has 0 atom stereocenters. The molecular formula is C15H13ClN2O2S. The van der Waals surface area contributed by atoms with Crippen molar-refractivity contribution in [3.05, 3.63) is 65.3 Å². The fourth-order valence-corrected chi connectivity index (χ4v) is 3.67. The summed E-state index contributed by atoms with van der Waals surface area (Å²) in [6, 6.07) is 14.1. The Bertz CT molecular complexity index is 887. The summed E-state index contributed by atoms with van der Waals surface area (Å²) in [6.07, 6.45) is 1.85. The van der Waals surface area contributed by atoms with Gasteiger partial charge in [-0.25, -0.2) is 13.1 Å². The van der Waals surface area contributed by atoms with Gasteiger partial charge in [0.1, 0.15) is 4.90 Å². The van der Waals surface area contributed by atoms with E-state index in [9.17, 15) is 8.42 Å². The monoisotopic (exact) mass is 320 g/mol. The van der Waals surface area contributed by atoms with Crippen LogP contribution in [-0.4, -0.2) is 13.4 Å². The molecule has 21 heavy (non-hydrogen) atoms. The van der Waals surface area contributed by atoms with Crippen LogP contribution >= 0.6 is 11.6 Å². The van der Waals surface area contributed by atoms with Crippen LogP contribution in [-0.2, 0) is 16.6 Å². The summed E-state index contributed by atoms with van der Waals surface area (Å²) in [5.41, 5.74) is 1.91. The number of nitrogens with one attached hydrogen (secondary N) is 2. The number of aromatic nitrogens is 1. The Kier molecular flexibility index (Phi) is 3.71. The quantitative estimate of drug-likeness (QED) is 0.774. The molecule has 0 amide bonds. The second-order valence-corrected chi connectivity index (χ2v) is 6.80. The second kappa shape index (κ2) is 5.52. The van der Waals surface area contributed by atoms with E-state index < -0.39 is 10.0 Å². The van der Waals surface area contributed by atoms with Crippen LogP contribution in [0.3, 0.4) is 0 Å². The van der Waals surface area contributed by atoms with E-state index >= 15 is 0 Å². The molecule has 0 aliphatic heterocycles. The molecule has 0 fully saturated rings. The van der Waals surface area contributed by atoms with E-state index in [1.807, 2.05) is 30.5 Å². The molecule has 3 aromatic rings. The zero-order valence-electron chi connectivity index (χ0n) is 11.0. The lowest BCUT2D eigenvalue weighted by Crippen LogP contribution is -2.23. The molecule has 0 unspecified atom stereocenters. The van der Waals surface area contributed by atoms with E-state index in [4.69, 9.17) is 11.6 Å². The Balaban J connectivity index is 1.81. The summed E-state index contributed by atoms with van der Waals surface area (Å²) in [4.78, 5) is 3.19. The van der Waals surface area contributed by atoms with Gasteiger partial charge < -0.3 is 4.98 Å². The Morgan fingerprint density at radius 2 is 1.90 bits per heavy atom. The van der Waals surface area contributed by atoms with E-state index in [1.54, 1.807) is 18.2 Å². The molecule has 0 saturated heterocycles. The van der Waals surface area contributed by atoms with Crippen molar-refractivity contribution >= 4 is 32.5 Å². The zero-order chi connectivity index (χ0) is 14.9. The number of benzene rings is 2. The molecule has 2 aromatic carbocycles. The zero-order valence-corrected chi connectivity index (χ0v) is 12.6. The molecule has 0 saturated carbocycles. The number of sulfonamides is 1. The number of halogens is 1. The average molecular weight is 321 g/mol. The Morgan fingerprint density at radius 1 is 1.10 bits per heavy atom. The van der Waals surface area contributed by atoms with Gasteiger partial charge in [-0.05, 0) is 41.3 Å². The molecule has 1 aromatic heterocycles. The lowest BCUT2D eigenvalue weighted by atomic mass is 10.1. The van der Waals surface area contributed by atoms with Crippen LogP contribution < -0.4 is 4.72 Å². The maximum Gasteiger partial charge on any atom is 0.242 e. The van der Waals surface area contributed by atoms with Crippen molar-refractivity contribution in [1.82, 2.24) is 9.71 Å². The second-order valence-electron chi connectivity index (χ2n) is 4.65. The highest BCUT2D eigenvalue weighted by Crippen LogP contribution is 2.21. The third-order valence-corrected chi connectivity index (χ3v) is 5.11. The molecule has 0 spiro atoms. The van der Waals surface area contributed by atoms with Gasteiger partial charge in [-0.3, -0.25) is 0 Å². The van der Waals surface area contributed by atoms with Gasteiger partial charge >= 0.3 is 0 Å². The topological polar surface area (TPSA) is 62.0 Å². The first-order chi connectivity index (χ1) is 10.1. The largest absolute Gasteiger partial charge is 0.361 e. The Morgan fingerprint density at radius 3 is 2.71 bits per heavy atom. The molecule has 0 radical (unpaired) electrons. The smallest absolute Gasteiger partial charge is 0.242 e. The molecule has 108 valence electrons. The van der Waals surface area contributed by atoms with Crippen molar-refractivity contribution < 1.29 is 8.42 Å². The Hall–Kier alpha value is -1.82.